The molecule has 3 aromatic carbocycles. The van der Waals surface area contributed by atoms with Crippen molar-refractivity contribution in [1.82, 2.24) is 14.7 Å². The van der Waals surface area contributed by atoms with E-state index in [-0.39, 0.29) is 0 Å². The molecule has 4 heteroatoms. The Hall–Kier alpha value is -3.42. The Labute approximate surface area is 170 Å². The molecule has 0 N–H and O–H groups in total. The monoisotopic (exact) mass is 378 g/mol. The topological polar surface area (TPSA) is 44.9 Å². The van der Waals surface area contributed by atoms with Crippen molar-refractivity contribution >= 4 is 10.9 Å². The second-order valence-corrected chi connectivity index (χ2v) is 7.84. The standard InChI is InChI=1S/C25H22N4/c1-28-15-22-8-4-5-9-23(22)24(17-28)18-10-11-20-14-27-29(25(20)12-18)16-21-7-3-2-6-19(21)13-26/h2-12,14,24H,15-17H2,1H3. The molecule has 1 atom stereocenters. The number of likely N-dealkylation sites (N-methyl/N-ethyl adjacent to an activating group) is 1. The molecule has 0 saturated heterocycles. The van der Waals surface area contributed by atoms with Crippen molar-refractivity contribution in [2.75, 3.05) is 13.6 Å². The van der Waals surface area contributed by atoms with Crippen LogP contribution in [0.15, 0.2) is 72.9 Å². The lowest BCUT2D eigenvalue weighted by atomic mass is 9.84. The van der Waals surface area contributed by atoms with Crippen LogP contribution in [0.1, 0.15) is 33.7 Å². The lowest BCUT2D eigenvalue weighted by Gasteiger charge is -2.32. The molecule has 142 valence electrons. The third-order valence-electron chi connectivity index (χ3n) is 5.89. The molecule has 1 unspecified atom stereocenters. The Balaban J connectivity index is 1.56. The van der Waals surface area contributed by atoms with Gasteiger partial charge in [0.05, 0.1) is 29.9 Å². The first-order chi connectivity index (χ1) is 14.2. The zero-order valence-electron chi connectivity index (χ0n) is 16.4. The average molecular weight is 378 g/mol. The summed E-state index contributed by atoms with van der Waals surface area (Å²) in [7, 11) is 2.19. The maximum absolute atomic E-state index is 9.41. The van der Waals surface area contributed by atoms with Gasteiger partial charge >= 0.3 is 0 Å². The van der Waals surface area contributed by atoms with Gasteiger partial charge in [-0.2, -0.15) is 10.4 Å². The summed E-state index contributed by atoms with van der Waals surface area (Å²) in [6, 6.07) is 25.5. The molecule has 29 heavy (non-hydrogen) atoms. The number of nitrogens with zero attached hydrogens (tertiary/aromatic N) is 4. The summed E-state index contributed by atoms with van der Waals surface area (Å²) in [5.74, 6) is 0.351. The van der Waals surface area contributed by atoms with E-state index in [9.17, 15) is 5.26 Å². The fraction of sp³-hybridized carbons (Fsp3) is 0.200. The van der Waals surface area contributed by atoms with Crippen molar-refractivity contribution in [1.29, 1.82) is 5.26 Å². The number of hydrogen-bond acceptors (Lipinski definition) is 3. The van der Waals surface area contributed by atoms with E-state index < -0.39 is 0 Å². The Morgan fingerprint density at radius 3 is 2.79 bits per heavy atom. The maximum Gasteiger partial charge on any atom is 0.0995 e. The summed E-state index contributed by atoms with van der Waals surface area (Å²) in [5.41, 5.74) is 6.95. The Morgan fingerprint density at radius 2 is 1.90 bits per heavy atom. The number of benzene rings is 3. The van der Waals surface area contributed by atoms with Gasteiger partial charge < -0.3 is 4.90 Å². The van der Waals surface area contributed by atoms with E-state index in [0.29, 0.717) is 18.0 Å². The normalized spacial score (nSPS) is 16.5. The van der Waals surface area contributed by atoms with Crippen LogP contribution in [0, 0.1) is 11.3 Å². The van der Waals surface area contributed by atoms with Crippen LogP contribution < -0.4 is 0 Å². The van der Waals surface area contributed by atoms with E-state index in [0.717, 1.165) is 29.6 Å². The van der Waals surface area contributed by atoms with Crippen molar-refractivity contribution in [3.63, 3.8) is 0 Å². The van der Waals surface area contributed by atoms with Crippen molar-refractivity contribution < 1.29 is 0 Å². The number of aromatic nitrogens is 2. The molecule has 1 aliphatic rings. The quantitative estimate of drug-likeness (QED) is 0.526. The molecule has 1 aromatic heterocycles. The van der Waals surface area contributed by atoms with Gasteiger partial charge in [-0.05, 0) is 41.4 Å². The van der Waals surface area contributed by atoms with Crippen molar-refractivity contribution in [3.8, 4) is 6.07 Å². The van der Waals surface area contributed by atoms with Crippen molar-refractivity contribution in [2.45, 2.75) is 19.0 Å². The lowest BCUT2D eigenvalue weighted by Crippen LogP contribution is -2.30. The van der Waals surface area contributed by atoms with Gasteiger partial charge in [0.15, 0.2) is 0 Å². The van der Waals surface area contributed by atoms with Crippen LogP contribution in [0.5, 0.6) is 0 Å². The van der Waals surface area contributed by atoms with E-state index >= 15 is 0 Å². The molecular formula is C25H22N4. The van der Waals surface area contributed by atoms with Gasteiger partial charge in [0.25, 0.3) is 0 Å². The minimum absolute atomic E-state index is 0.351. The second kappa shape index (κ2) is 7.20. The van der Waals surface area contributed by atoms with E-state index in [2.05, 4.69) is 65.6 Å². The summed E-state index contributed by atoms with van der Waals surface area (Å²) in [6.07, 6.45) is 1.91. The highest BCUT2D eigenvalue weighted by atomic mass is 15.3. The van der Waals surface area contributed by atoms with Crippen LogP contribution in [0.25, 0.3) is 10.9 Å². The van der Waals surface area contributed by atoms with Crippen LogP contribution in [0.3, 0.4) is 0 Å². The molecule has 0 radical (unpaired) electrons. The zero-order valence-corrected chi connectivity index (χ0v) is 16.4. The average Bonchev–Trinajstić information content (AvgIpc) is 3.15. The molecule has 0 fully saturated rings. The maximum atomic E-state index is 9.41. The van der Waals surface area contributed by atoms with E-state index in [4.69, 9.17) is 0 Å². The zero-order chi connectivity index (χ0) is 19.8. The van der Waals surface area contributed by atoms with E-state index in [1.54, 1.807) is 0 Å². The molecular weight excluding hydrogens is 356 g/mol. The van der Waals surface area contributed by atoms with E-state index in [1.807, 2.05) is 35.1 Å². The number of nitriles is 1. The molecule has 4 aromatic rings. The van der Waals surface area contributed by atoms with Crippen LogP contribution in [-0.4, -0.2) is 28.3 Å². The Morgan fingerprint density at radius 1 is 1.07 bits per heavy atom. The fourth-order valence-corrected chi connectivity index (χ4v) is 4.43. The van der Waals surface area contributed by atoms with Crippen LogP contribution in [0.2, 0.25) is 0 Å². The summed E-state index contributed by atoms with van der Waals surface area (Å²) < 4.78 is 2.01. The fourth-order valence-electron chi connectivity index (χ4n) is 4.43. The highest BCUT2D eigenvalue weighted by Crippen LogP contribution is 2.34. The highest BCUT2D eigenvalue weighted by molar-refractivity contribution is 5.79. The Bertz CT molecular complexity index is 1230. The molecule has 5 rings (SSSR count). The Kier molecular flexibility index (Phi) is 4.38. The summed E-state index contributed by atoms with van der Waals surface area (Å²) in [4.78, 5) is 2.39. The lowest BCUT2D eigenvalue weighted by molar-refractivity contribution is 0.295. The van der Waals surface area contributed by atoms with Gasteiger partial charge in [-0.3, -0.25) is 4.68 Å². The number of rotatable bonds is 3. The van der Waals surface area contributed by atoms with Crippen molar-refractivity contribution in [2.24, 2.45) is 0 Å². The molecule has 0 saturated carbocycles. The SMILES string of the molecule is CN1Cc2ccccc2C(c2ccc3cnn(Cc4ccccc4C#N)c3c2)C1. The highest BCUT2D eigenvalue weighted by Gasteiger charge is 2.24. The predicted molar refractivity (Wildman–Crippen MR) is 115 cm³/mol. The smallest absolute Gasteiger partial charge is 0.0995 e. The second-order valence-electron chi connectivity index (χ2n) is 7.84. The van der Waals surface area contributed by atoms with Gasteiger partial charge in [0.2, 0.25) is 0 Å². The molecule has 0 amide bonds. The van der Waals surface area contributed by atoms with E-state index in [1.165, 1.54) is 16.7 Å². The summed E-state index contributed by atoms with van der Waals surface area (Å²) in [5, 5.41) is 15.1. The molecule has 2 heterocycles. The molecule has 1 aliphatic heterocycles. The first-order valence-corrected chi connectivity index (χ1v) is 9.93. The van der Waals surface area contributed by atoms with Gasteiger partial charge in [0, 0.05) is 24.4 Å². The third kappa shape index (κ3) is 3.20. The van der Waals surface area contributed by atoms with Crippen LogP contribution in [-0.2, 0) is 13.1 Å². The molecule has 4 nitrogen and oxygen atoms in total. The number of hydrogen-bond donors (Lipinski definition) is 0. The minimum atomic E-state index is 0.351. The number of fused-ring (bicyclic) bond motifs is 2. The summed E-state index contributed by atoms with van der Waals surface area (Å²) in [6.45, 7) is 2.60. The van der Waals surface area contributed by atoms with Crippen molar-refractivity contribution in [3.05, 3.63) is 101 Å². The van der Waals surface area contributed by atoms with Gasteiger partial charge in [-0.15, -0.1) is 0 Å². The third-order valence-corrected chi connectivity index (χ3v) is 5.89. The predicted octanol–water partition coefficient (Wildman–Crippen LogP) is 4.53. The molecule has 0 aliphatic carbocycles. The largest absolute Gasteiger partial charge is 0.301 e. The van der Waals surface area contributed by atoms with Crippen LogP contribution >= 0.6 is 0 Å². The van der Waals surface area contributed by atoms with Gasteiger partial charge in [-0.25, -0.2) is 0 Å². The first-order valence-electron chi connectivity index (χ1n) is 9.93. The first kappa shape index (κ1) is 17.7. The minimum Gasteiger partial charge on any atom is -0.301 e. The van der Waals surface area contributed by atoms with Gasteiger partial charge in [-0.1, -0.05) is 54.6 Å². The van der Waals surface area contributed by atoms with Gasteiger partial charge in [0.1, 0.15) is 0 Å². The molecule has 0 spiro atoms. The molecule has 0 bridgehead atoms. The summed E-state index contributed by atoms with van der Waals surface area (Å²) >= 11 is 0. The van der Waals surface area contributed by atoms with Crippen LogP contribution in [0.4, 0.5) is 0 Å².